The van der Waals surface area contributed by atoms with Gasteiger partial charge in [-0.05, 0) is 12.1 Å². The fraction of sp³-hybridized carbons (Fsp3) is 0.300. The van der Waals surface area contributed by atoms with Crippen LogP contribution in [-0.4, -0.2) is 28.1 Å². The summed E-state index contributed by atoms with van der Waals surface area (Å²) < 4.78 is 6.26. The SMILES string of the molecule is COC(=O)CCn1nnc2ccccc21. The van der Waals surface area contributed by atoms with E-state index in [1.807, 2.05) is 24.3 Å². The van der Waals surface area contributed by atoms with Gasteiger partial charge in [-0.1, -0.05) is 17.3 Å². The number of carbonyl (C=O) groups is 1. The Kier molecular flexibility index (Phi) is 2.62. The molecular weight excluding hydrogens is 194 g/mol. The molecule has 0 saturated heterocycles. The number of nitrogens with zero attached hydrogens (tertiary/aromatic N) is 3. The van der Waals surface area contributed by atoms with Crippen LogP contribution in [0.2, 0.25) is 0 Å². The van der Waals surface area contributed by atoms with Crippen LogP contribution in [0.1, 0.15) is 6.42 Å². The van der Waals surface area contributed by atoms with Crippen LogP contribution in [0.3, 0.4) is 0 Å². The molecule has 1 aromatic heterocycles. The Labute approximate surface area is 86.6 Å². The summed E-state index contributed by atoms with van der Waals surface area (Å²) in [6.07, 6.45) is 0.309. The van der Waals surface area contributed by atoms with Crippen molar-refractivity contribution in [3.63, 3.8) is 0 Å². The predicted molar refractivity (Wildman–Crippen MR) is 54.2 cm³/mol. The molecule has 0 atom stereocenters. The maximum absolute atomic E-state index is 11.0. The zero-order valence-electron chi connectivity index (χ0n) is 8.38. The van der Waals surface area contributed by atoms with Crippen LogP contribution >= 0.6 is 0 Å². The molecule has 0 aliphatic carbocycles. The van der Waals surface area contributed by atoms with Crippen molar-refractivity contribution in [1.29, 1.82) is 0 Å². The number of fused-ring (bicyclic) bond motifs is 1. The summed E-state index contributed by atoms with van der Waals surface area (Å²) in [5.41, 5.74) is 1.77. The third-order valence-electron chi connectivity index (χ3n) is 2.18. The minimum absolute atomic E-state index is 0.241. The Morgan fingerprint density at radius 3 is 3.07 bits per heavy atom. The summed E-state index contributed by atoms with van der Waals surface area (Å²) >= 11 is 0. The van der Waals surface area contributed by atoms with E-state index >= 15 is 0 Å². The van der Waals surface area contributed by atoms with Gasteiger partial charge in [-0.25, -0.2) is 4.68 Å². The molecule has 0 bridgehead atoms. The van der Waals surface area contributed by atoms with Gasteiger partial charge in [0.1, 0.15) is 5.52 Å². The number of aromatic nitrogens is 3. The highest BCUT2D eigenvalue weighted by Gasteiger charge is 2.05. The van der Waals surface area contributed by atoms with Crippen LogP contribution in [0.25, 0.3) is 11.0 Å². The summed E-state index contributed by atoms with van der Waals surface area (Å²) in [4.78, 5) is 11.0. The number of aryl methyl sites for hydroxylation is 1. The van der Waals surface area contributed by atoms with Crippen LogP contribution in [0.5, 0.6) is 0 Å². The first kappa shape index (κ1) is 9.64. The van der Waals surface area contributed by atoms with Crippen molar-refractivity contribution < 1.29 is 9.53 Å². The maximum Gasteiger partial charge on any atom is 0.307 e. The van der Waals surface area contributed by atoms with Crippen LogP contribution in [0, 0.1) is 0 Å². The number of para-hydroxylation sites is 1. The molecule has 0 aliphatic rings. The second-order valence-electron chi connectivity index (χ2n) is 3.13. The predicted octanol–water partition coefficient (Wildman–Crippen LogP) is 0.994. The first-order valence-electron chi connectivity index (χ1n) is 4.66. The quantitative estimate of drug-likeness (QED) is 0.701. The van der Waals surface area contributed by atoms with Gasteiger partial charge in [-0.15, -0.1) is 5.10 Å². The van der Waals surface area contributed by atoms with Gasteiger partial charge in [0, 0.05) is 0 Å². The van der Waals surface area contributed by atoms with Crippen LogP contribution in [0.4, 0.5) is 0 Å². The fourth-order valence-electron chi connectivity index (χ4n) is 1.38. The molecule has 0 amide bonds. The third-order valence-corrected chi connectivity index (χ3v) is 2.18. The molecule has 78 valence electrons. The van der Waals surface area contributed by atoms with Gasteiger partial charge in [-0.2, -0.15) is 0 Å². The standard InChI is InChI=1S/C10H11N3O2/c1-15-10(14)6-7-13-9-5-3-2-4-8(9)11-12-13/h2-5H,6-7H2,1H3. The van der Waals surface area contributed by atoms with Crippen molar-refractivity contribution >= 4 is 17.0 Å². The normalized spacial score (nSPS) is 10.5. The van der Waals surface area contributed by atoms with E-state index in [1.165, 1.54) is 7.11 Å². The molecular formula is C10H11N3O2. The van der Waals surface area contributed by atoms with Crippen LogP contribution in [0.15, 0.2) is 24.3 Å². The Morgan fingerprint density at radius 2 is 2.27 bits per heavy atom. The Bertz CT molecular complexity index is 478. The van der Waals surface area contributed by atoms with E-state index in [0.717, 1.165) is 11.0 Å². The number of carbonyl (C=O) groups excluding carboxylic acids is 1. The third kappa shape index (κ3) is 1.96. The molecule has 1 aromatic carbocycles. The molecule has 2 rings (SSSR count). The van der Waals surface area contributed by atoms with Gasteiger partial charge in [-0.3, -0.25) is 4.79 Å². The molecule has 15 heavy (non-hydrogen) atoms. The van der Waals surface area contributed by atoms with Crippen LogP contribution < -0.4 is 0 Å². The first-order valence-corrected chi connectivity index (χ1v) is 4.66. The molecule has 2 aromatic rings. The lowest BCUT2D eigenvalue weighted by Gasteiger charge is -2.00. The first-order chi connectivity index (χ1) is 7.31. The largest absolute Gasteiger partial charge is 0.469 e. The summed E-state index contributed by atoms with van der Waals surface area (Å²) in [5, 5.41) is 7.94. The number of benzene rings is 1. The molecule has 1 heterocycles. The van der Waals surface area contributed by atoms with E-state index in [1.54, 1.807) is 4.68 Å². The molecule has 0 N–H and O–H groups in total. The highest BCUT2D eigenvalue weighted by molar-refractivity contribution is 5.74. The lowest BCUT2D eigenvalue weighted by Crippen LogP contribution is -2.08. The van der Waals surface area contributed by atoms with E-state index in [9.17, 15) is 4.79 Å². The maximum atomic E-state index is 11.0. The van der Waals surface area contributed by atoms with Gasteiger partial charge in [0.05, 0.1) is 25.6 Å². The summed E-state index contributed by atoms with van der Waals surface area (Å²) in [5.74, 6) is -0.241. The average molecular weight is 205 g/mol. The molecule has 0 unspecified atom stereocenters. The minimum Gasteiger partial charge on any atom is -0.469 e. The van der Waals surface area contributed by atoms with Crippen molar-refractivity contribution in [2.24, 2.45) is 0 Å². The fourth-order valence-corrected chi connectivity index (χ4v) is 1.38. The summed E-state index contributed by atoms with van der Waals surface area (Å²) in [6, 6.07) is 7.63. The van der Waals surface area contributed by atoms with Crippen molar-refractivity contribution in [2.45, 2.75) is 13.0 Å². The van der Waals surface area contributed by atoms with Crippen molar-refractivity contribution in [2.75, 3.05) is 7.11 Å². The summed E-state index contributed by atoms with van der Waals surface area (Å²) in [7, 11) is 1.38. The number of ether oxygens (including phenoxy) is 1. The molecule has 5 heteroatoms. The van der Waals surface area contributed by atoms with Crippen molar-refractivity contribution in [3.8, 4) is 0 Å². The van der Waals surface area contributed by atoms with Gasteiger partial charge in [0.2, 0.25) is 0 Å². The van der Waals surface area contributed by atoms with Gasteiger partial charge < -0.3 is 4.74 Å². The number of hydrogen-bond donors (Lipinski definition) is 0. The van der Waals surface area contributed by atoms with Gasteiger partial charge in [0.15, 0.2) is 0 Å². The Morgan fingerprint density at radius 1 is 1.47 bits per heavy atom. The molecule has 0 spiro atoms. The smallest absolute Gasteiger partial charge is 0.307 e. The monoisotopic (exact) mass is 205 g/mol. The van der Waals surface area contributed by atoms with Gasteiger partial charge in [0.25, 0.3) is 0 Å². The highest BCUT2D eigenvalue weighted by Crippen LogP contribution is 2.09. The minimum atomic E-state index is -0.241. The van der Waals surface area contributed by atoms with E-state index in [0.29, 0.717) is 13.0 Å². The topological polar surface area (TPSA) is 57.0 Å². The van der Waals surface area contributed by atoms with Crippen LogP contribution in [-0.2, 0) is 16.1 Å². The Hall–Kier alpha value is -1.91. The summed E-state index contributed by atoms with van der Waals surface area (Å²) in [6.45, 7) is 0.493. The number of esters is 1. The number of methoxy groups -OCH3 is 1. The van der Waals surface area contributed by atoms with E-state index in [2.05, 4.69) is 15.0 Å². The second-order valence-corrected chi connectivity index (χ2v) is 3.13. The van der Waals surface area contributed by atoms with E-state index in [-0.39, 0.29) is 5.97 Å². The molecule has 0 aliphatic heterocycles. The van der Waals surface area contributed by atoms with E-state index < -0.39 is 0 Å². The molecule has 5 nitrogen and oxygen atoms in total. The number of hydrogen-bond acceptors (Lipinski definition) is 4. The van der Waals surface area contributed by atoms with E-state index in [4.69, 9.17) is 0 Å². The van der Waals surface area contributed by atoms with Crippen molar-refractivity contribution in [3.05, 3.63) is 24.3 Å². The zero-order valence-corrected chi connectivity index (χ0v) is 8.38. The molecule has 0 fully saturated rings. The lowest BCUT2D eigenvalue weighted by atomic mass is 10.3. The zero-order chi connectivity index (χ0) is 10.7. The highest BCUT2D eigenvalue weighted by atomic mass is 16.5. The second kappa shape index (κ2) is 4.08. The average Bonchev–Trinajstić information content (AvgIpc) is 2.69. The van der Waals surface area contributed by atoms with Gasteiger partial charge >= 0.3 is 5.97 Å². The number of rotatable bonds is 3. The Balaban J connectivity index is 2.18. The lowest BCUT2D eigenvalue weighted by molar-refractivity contribution is -0.140. The van der Waals surface area contributed by atoms with Crippen molar-refractivity contribution in [1.82, 2.24) is 15.0 Å². The molecule has 0 saturated carbocycles. The molecule has 0 radical (unpaired) electrons.